The molecule has 9 heteroatoms. The molecule has 0 aliphatic carbocycles. The number of carboxylic acid groups (broad SMARTS) is 1. The van der Waals surface area contributed by atoms with Crippen molar-refractivity contribution in [2.75, 3.05) is 13.1 Å². The highest BCUT2D eigenvalue weighted by Gasteiger charge is 2.30. The largest absolute Gasteiger partial charge is 0.507 e. The fraction of sp³-hybridized carbons (Fsp3) is 0.318. The third-order valence-corrected chi connectivity index (χ3v) is 5.24. The van der Waals surface area contributed by atoms with E-state index in [1.54, 1.807) is 0 Å². The van der Waals surface area contributed by atoms with Crippen molar-refractivity contribution in [3.05, 3.63) is 52.6 Å². The van der Waals surface area contributed by atoms with Crippen molar-refractivity contribution in [3.8, 4) is 17.2 Å². The molecule has 0 aromatic heterocycles. The topological polar surface area (TPSA) is 145 Å². The van der Waals surface area contributed by atoms with Crippen LogP contribution in [0.1, 0.15) is 56.9 Å². The monoisotopic (exact) mass is 429 g/mol. The van der Waals surface area contributed by atoms with E-state index < -0.39 is 51.7 Å². The maximum Gasteiger partial charge on any atom is 0.338 e. The summed E-state index contributed by atoms with van der Waals surface area (Å²) in [5.41, 5.74) is -1.88. The smallest absolute Gasteiger partial charge is 0.338 e. The lowest BCUT2D eigenvalue weighted by molar-refractivity contribution is 0.0313. The molecule has 1 fully saturated rings. The van der Waals surface area contributed by atoms with E-state index in [-0.39, 0.29) is 11.7 Å². The number of esters is 1. The Balaban J connectivity index is 1.87. The van der Waals surface area contributed by atoms with Gasteiger partial charge in [-0.3, -0.25) is 9.69 Å². The lowest BCUT2D eigenvalue weighted by atomic mass is 9.95. The maximum absolute atomic E-state index is 12.8. The number of hydrogen-bond acceptors (Lipinski definition) is 8. The minimum absolute atomic E-state index is 0.162. The zero-order valence-electron chi connectivity index (χ0n) is 17.0. The SMILES string of the molecule is CC(C)N1CC[C@H](OC(=O)c2cc(O)c(C(=O)c3c(O)cccc3C(=O)O)c(O)c2)C1. The van der Waals surface area contributed by atoms with Gasteiger partial charge in [0.15, 0.2) is 0 Å². The summed E-state index contributed by atoms with van der Waals surface area (Å²) < 4.78 is 5.44. The number of ether oxygens (including phenoxy) is 1. The van der Waals surface area contributed by atoms with Crippen LogP contribution in [-0.4, -0.2) is 68.3 Å². The van der Waals surface area contributed by atoms with E-state index in [1.165, 1.54) is 6.07 Å². The van der Waals surface area contributed by atoms with Crippen LogP contribution in [0, 0.1) is 0 Å². The zero-order valence-corrected chi connectivity index (χ0v) is 17.0. The number of benzene rings is 2. The first-order valence-corrected chi connectivity index (χ1v) is 9.71. The fourth-order valence-electron chi connectivity index (χ4n) is 3.58. The lowest BCUT2D eigenvalue weighted by Gasteiger charge is -2.20. The number of carboxylic acids is 1. The van der Waals surface area contributed by atoms with E-state index in [4.69, 9.17) is 4.74 Å². The van der Waals surface area contributed by atoms with Gasteiger partial charge in [0.25, 0.3) is 0 Å². The van der Waals surface area contributed by atoms with Crippen LogP contribution in [0.25, 0.3) is 0 Å². The lowest BCUT2D eigenvalue weighted by Crippen LogP contribution is -2.30. The molecular weight excluding hydrogens is 406 g/mol. The number of likely N-dealkylation sites (tertiary alicyclic amines) is 1. The van der Waals surface area contributed by atoms with Gasteiger partial charge in [0.05, 0.1) is 16.7 Å². The van der Waals surface area contributed by atoms with Gasteiger partial charge in [0.2, 0.25) is 5.78 Å². The standard InChI is InChI=1S/C22H23NO8/c1-11(2)23-7-6-13(10-23)31-22(30)12-8-16(25)19(17(26)9-12)20(27)18-14(21(28)29)4-3-5-15(18)24/h3-5,8-9,11,13,24-26H,6-7,10H2,1-2H3,(H,28,29)/t13-/m0/s1. The molecule has 1 heterocycles. The molecule has 0 saturated carbocycles. The molecule has 164 valence electrons. The molecule has 2 aromatic carbocycles. The quantitative estimate of drug-likeness (QED) is 0.402. The number of phenolic OH excluding ortho intramolecular Hbond substituents is 3. The molecule has 2 aromatic rings. The number of hydrogen-bond donors (Lipinski definition) is 4. The zero-order chi connectivity index (χ0) is 22.9. The van der Waals surface area contributed by atoms with E-state index in [2.05, 4.69) is 4.90 Å². The second kappa shape index (κ2) is 8.65. The molecular formula is C22H23NO8. The third-order valence-electron chi connectivity index (χ3n) is 5.24. The highest BCUT2D eigenvalue weighted by Crippen LogP contribution is 2.35. The first-order valence-electron chi connectivity index (χ1n) is 9.71. The number of carbonyl (C=O) groups excluding carboxylic acids is 2. The molecule has 0 spiro atoms. The second-order valence-electron chi connectivity index (χ2n) is 7.63. The summed E-state index contributed by atoms with van der Waals surface area (Å²) >= 11 is 0. The number of aromatic hydroxyl groups is 3. The summed E-state index contributed by atoms with van der Waals surface area (Å²) in [7, 11) is 0. The van der Waals surface area contributed by atoms with Gasteiger partial charge < -0.3 is 25.2 Å². The minimum atomic E-state index is -1.47. The van der Waals surface area contributed by atoms with Crippen molar-refractivity contribution < 1.29 is 39.5 Å². The summed E-state index contributed by atoms with van der Waals surface area (Å²) in [5, 5.41) is 39.9. The van der Waals surface area contributed by atoms with Crippen molar-refractivity contribution >= 4 is 17.7 Å². The molecule has 0 bridgehead atoms. The predicted molar refractivity (Wildman–Crippen MR) is 109 cm³/mol. The number of phenols is 3. The van der Waals surface area contributed by atoms with E-state index in [0.717, 1.165) is 30.8 Å². The summed E-state index contributed by atoms with van der Waals surface area (Å²) in [4.78, 5) is 38.8. The van der Waals surface area contributed by atoms with Gasteiger partial charge in [0, 0.05) is 19.1 Å². The molecule has 0 radical (unpaired) electrons. The molecule has 1 aliphatic rings. The summed E-state index contributed by atoms with van der Waals surface area (Å²) in [6, 6.07) is 5.71. The predicted octanol–water partition coefficient (Wildman–Crippen LogP) is 2.37. The Morgan fingerprint density at radius 3 is 2.23 bits per heavy atom. The number of aromatic carboxylic acids is 1. The fourth-order valence-corrected chi connectivity index (χ4v) is 3.58. The summed E-state index contributed by atoms with van der Waals surface area (Å²) in [6.07, 6.45) is 0.323. The van der Waals surface area contributed by atoms with Gasteiger partial charge in [-0.2, -0.15) is 0 Å². The Morgan fingerprint density at radius 1 is 1.03 bits per heavy atom. The van der Waals surface area contributed by atoms with Gasteiger partial charge in [-0.05, 0) is 44.5 Å². The first kappa shape index (κ1) is 22.1. The van der Waals surface area contributed by atoms with Crippen LogP contribution in [0.4, 0.5) is 0 Å². The average Bonchev–Trinajstić information content (AvgIpc) is 3.15. The molecule has 1 saturated heterocycles. The Labute approximate surface area is 178 Å². The molecule has 0 unspecified atom stereocenters. The van der Waals surface area contributed by atoms with Gasteiger partial charge in [-0.25, -0.2) is 9.59 Å². The van der Waals surface area contributed by atoms with Crippen LogP contribution < -0.4 is 0 Å². The highest BCUT2D eigenvalue weighted by atomic mass is 16.5. The van der Waals surface area contributed by atoms with E-state index in [0.29, 0.717) is 19.0 Å². The Bertz CT molecular complexity index is 1020. The van der Waals surface area contributed by atoms with E-state index in [9.17, 15) is 34.8 Å². The van der Waals surface area contributed by atoms with Crippen molar-refractivity contribution in [2.24, 2.45) is 0 Å². The van der Waals surface area contributed by atoms with Crippen LogP contribution in [0.15, 0.2) is 30.3 Å². The molecule has 1 aliphatic heterocycles. The van der Waals surface area contributed by atoms with Crippen LogP contribution in [0.3, 0.4) is 0 Å². The van der Waals surface area contributed by atoms with Crippen molar-refractivity contribution in [2.45, 2.75) is 32.4 Å². The van der Waals surface area contributed by atoms with Crippen LogP contribution in [-0.2, 0) is 4.74 Å². The molecule has 0 amide bonds. The Kier molecular flexibility index (Phi) is 6.16. The molecule has 31 heavy (non-hydrogen) atoms. The molecule has 3 rings (SSSR count). The third kappa shape index (κ3) is 4.46. The van der Waals surface area contributed by atoms with Crippen molar-refractivity contribution in [1.82, 2.24) is 4.90 Å². The van der Waals surface area contributed by atoms with Crippen LogP contribution in [0.2, 0.25) is 0 Å². The second-order valence-corrected chi connectivity index (χ2v) is 7.63. The summed E-state index contributed by atoms with van der Waals surface area (Å²) in [6.45, 7) is 5.43. The highest BCUT2D eigenvalue weighted by molar-refractivity contribution is 6.18. The number of ketones is 1. The Morgan fingerprint density at radius 2 is 1.68 bits per heavy atom. The number of rotatable bonds is 6. The maximum atomic E-state index is 12.8. The van der Waals surface area contributed by atoms with Gasteiger partial charge in [-0.1, -0.05) is 6.07 Å². The number of nitrogens with zero attached hydrogens (tertiary/aromatic N) is 1. The number of carbonyl (C=O) groups is 3. The van der Waals surface area contributed by atoms with E-state index in [1.807, 2.05) is 13.8 Å². The molecule has 9 nitrogen and oxygen atoms in total. The summed E-state index contributed by atoms with van der Waals surface area (Å²) in [5.74, 6) is -5.45. The minimum Gasteiger partial charge on any atom is -0.507 e. The van der Waals surface area contributed by atoms with Crippen LogP contribution in [0.5, 0.6) is 17.2 Å². The molecule has 4 N–H and O–H groups in total. The van der Waals surface area contributed by atoms with Gasteiger partial charge in [0.1, 0.15) is 28.9 Å². The van der Waals surface area contributed by atoms with Crippen molar-refractivity contribution in [1.29, 1.82) is 0 Å². The normalized spacial score (nSPS) is 16.4. The average molecular weight is 429 g/mol. The van der Waals surface area contributed by atoms with Crippen molar-refractivity contribution in [3.63, 3.8) is 0 Å². The van der Waals surface area contributed by atoms with Crippen LogP contribution >= 0.6 is 0 Å². The van der Waals surface area contributed by atoms with Gasteiger partial charge in [-0.15, -0.1) is 0 Å². The van der Waals surface area contributed by atoms with E-state index >= 15 is 0 Å². The molecule has 1 atom stereocenters. The van der Waals surface area contributed by atoms with Gasteiger partial charge >= 0.3 is 11.9 Å². The Hall–Kier alpha value is -3.59. The first-order chi connectivity index (χ1) is 14.6.